The number of hydrogen-bond acceptors (Lipinski definition) is 2. The molecule has 12 heavy (non-hydrogen) atoms. The van der Waals surface area contributed by atoms with Gasteiger partial charge >= 0.3 is 0 Å². The topological polar surface area (TPSA) is 52.3 Å². The summed E-state index contributed by atoms with van der Waals surface area (Å²) >= 11 is 0. The molecular formula is C8H19NO2S. The lowest BCUT2D eigenvalue weighted by Gasteiger charge is -2.11. The molecule has 1 rings (SSSR count). The predicted molar refractivity (Wildman–Crippen MR) is 52.1 cm³/mol. The first-order valence-electron chi connectivity index (χ1n) is 4.18. The van der Waals surface area contributed by atoms with E-state index in [2.05, 4.69) is 0 Å². The van der Waals surface area contributed by atoms with Gasteiger partial charge in [-0.25, -0.2) is 4.21 Å². The molecule has 2 N–H and O–H groups in total. The van der Waals surface area contributed by atoms with E-state index in [1.54, 1.807) is 0 Å². The molecule has 1 aliphatic heterocycles. The zero-order valence-corrected chi connectivity index (χ0v) is 8.95. The normalized spacial score (nSPS) is 19.7. The maximum absolute atomic E-state index is 10.4. The van der Waals surface area contributed by atoms with E-state index in [0.29, 0.717) is 0 Å². The highest BCUT2D eigenvalue weighted by Gasteiger charge is 2.14. The molecule has 0 aromatic heterocycles. The third-order valence-corrected chi connectivity index (χ3v) is 2.64. The molecule has 1 unspecified atom stereocenters. The summed E-state index contributed by atoms with van der Waals surface area (Å²) in [5, 5.41) is 5.04. The average Bonchev–Trinajstić information content (AvgIpc) is 2.39. The van der Waals surface area contributed by atoms with Crippen molar-refractivity contribution in [2.24, 2.45) is 5.14 Å². The summed E-state index contributed by atoms with van der Waals surface area (Å²) in [6.45, 7) is 7.51. The van der Waals surface area contributed by atoms with Crippen LogP contribution in [0.5, 0.6) is 0 Å². The molecule has 0 aliphatic carbocycles. The molecule has 1 saturated heterocycles. The molecule has 1 aliphatic rings. The Kier molecular flexibility index (Phi) is 5.70. The van der Waals surface area contributed by atoms with Crippen LogP contribution in [-0.2, 0) is 15.7 Å². The highest BCUT2D eigenvalue weighted by atomic mass is 32.2. The SMILES string of the molecule is C1CCOC1.CC(C)(C)S(N)=O. The van der Waals surface area contributed by atoms with Crippen molar-refractivity contribution in [3.8, 4) is 0 Å². The fraction of sp³-hybridized carbons (Fsp3) is 1.00. The molecule has 0 aromatic carbocycles. The fourth-order valence-corrected chi connectivity index (χ4v) is 0.510. The molecule has 4 heteroatoms. The van der Waals surface area contributed by atoms with Gasteiger partial charge in [0.2, 0.25) is 0 Å². The molecule has 0 spiro atoms. The molecule has 1 atom stereocenters. The van der Waals surface area contributed by atoms with Crippen molar-refractivity contribution < 1.29 is 8.95 Å². The van der Waals surface area contributed by atoms with Gasteiger partial charge in [-0.3, -0.25) is 5.14 Å². The van der Waals surface area contributed by atoms with Crippen LogP contribution in [0.1, 0.15) is 33.6 Å². The highest BCUT2D eigenvalue weighted by molar-refractivity contribution is 7.84. The van der Waals surface area contributed by atoms with E-state index in [1.165, 1.54) is 12.8 Å². The Hall–Kier alpha value is 0.0700. The van der Waals surface area contributed by atoms with Crippen LogP contribution < -0.4 is 5.14 Å². The van der Waals surface area contributed by atoms with Crippen molar-refractivity contribution in [1.82, 2.24) is 0 Å². The van der Waals surface area contributed by atoms with Crippen molar-refractivity contribution in [3.63, 3.8) is 0 Å². The summed E-state index contributed by atoms with van der Waals surface area (Å²) in [6.07, 6.45) is 2.56. The van der Waals surface area contributed by atoms with Gasteiger partial charge in [-0.15, -0.1) is 0 Å². The molecule has 74 valence electrons. The van der Waals surface area contributed by atoms with Crippen LogP contribution in [0.4, 0.5) is 0 Å². The first-order chi connectivity index (χ1) is 5.44. The fourth-order valence-electron chi connectivity index (χ4n) is 0.510. The van der Waals surface area contributed by atoms with Gasteiger partial charge in [0.1, 0.15) is 0 Å². The van der Waals surface area contributed by atoms with Crippen LogP contribution in [0.15, 0.2) is 0 Å². The molecule has 0 amide bonds. The van der Waals surface area contributed by atoms with E-state index in [-0.39, 0.29) is 4.75 Å². The molecular weight excluding hydrogens is 174 g/mol. The second-order valence-corrected chi connectivity index (χ2v) is 5.55. The number of hydrogen-bond donors (Lipinski definition) is 1. The van der Waals surface area contributed by atoms with Crippen molar-refractivity contribution in [2.75, 3.05) is 13.2 Å². The van der Waals surface area contributed by atoms with Crippen molar-refractivity contribution >= 4 is 11.0 Å². The predicted octanol–water partition coefficient (Wildman–Crippen LogP) is 1.20. The van der Waals surface area contributed by atoms with Crippen molar-refractivity contribution in [2.45, 2.75) is 38.4 Å². The van der Waals surface area contributed by atoms with Gasteiger partial charge in [0.15, 0.2) is 0 Å². The molecule has 1 heterocycles. The van der Waals surface area contributed by atoms with Gasteiger partial charge < -0.3 is 4.74 Å². The van der Waals surface area contributed by atoms with Crippen LogP contribution in [0.25, 0.3) is 0 Å². The van der Waals surface area contributed by atoms with Crippen LogP contribution in [0, 0.1) is 0 Å². The maximum atomic E-state index is 10.4. The molecule has 0 saturated carbocycles. The minimum atomic E-state index is -1.18. The van der Waals surface area contributed by atoms with E-state index < -0.39 is 11.0 Å². The first kappa shape index (κ1) is 12.1. The zero-order chi connectivity index (χ0) is 9.61. The van der Waals surface area contributed by atoms with E-state index >= 15 is 0 Å². The minimum absolute atomic E-state index is 0.250. The Labute approximate surface area is 77.3 Å². The van der Waals surface area contributed by atoms with Gasteiger partial charge in [0.05, 0.1) is 15.7 Å². The van der Waals surface area contributed by atoms with E-state index in [1.807, 2.05) is 20.8 Å². The first-order valence-corrected chi connectivity index (χ1v) is 5.40. The summed E-state index contributed by atoms with van der Waals surface area (Å²) < 4.78 is 15.0. The monoisotopic (exact) mass is 193 g/mol. The average molecular weight is 193 g/mol. The Balaban J connectivity index is 0.000000211. The second-order valence-electron chi connectivity index (χ2n) is 3.73. The van der Waals surface area contributed by atoms with Gasteiger partial charge in [0.25, 0.3) is 0 Å². The Morgan fingerprint density at radius 3 is 1.67 bits per heavy atom. The maximum Gasteiger partial charge on any atom is 0.0942 e. The standard InChI is InChI=1S/C4H11NOS.C4H8O/c1-4(2,3)7(5)6;1-2-4-5-3-1/h5H2,1-3H3;1-4H2. The largest absolute Gasteiger partial charge is 0.381 e. The van der Waals surface area contributed by atoms with Gasteiger partial charge in [-0.1, -0.05) is 0 Å². The van der Waals surface area contributed by atoms with E-state index in [4.69, 9.17) is 9.88 Å². The summed E-state index contributed by atoms with van der Waals surface area (Å²) in [7, 11) is -1.18. The minimum Gasteiger partial charge on any atom is -0.381 e. The molecule has 1 fully saturated rings. The lowest BCUT2D eigenvalue weighted by atomic mass is 10.3. The van der Waals surface area contributed by atoms with Crippen molar-refractivity contribution in [1.29, 1.82) is 0 Å². The number of rotatable bonds is 0. The van der Waals surface area contributed by atoms with E-state index in [9.17, 15) is 4.21 Å². The summed E-state index contributed by atoms with van der Waals surface area (Å²) in [5.74, 6) is 0. The molecule has 3 nitrogen and oxygen atoms in total. The third-order valence-electron chi connectivity index (χ3n) is 1.43. The van der Waals surface area contributed by atoms with Gasteiger partial charge in [-0.2, -0.15) is 0 Å². The van der Waals surface area contributed by atoms with Crippen LogP contribution >= 0.6 is 0 Å². The molecule has 0 radical (unpaired) electrons. The summed E-state index contributed by atoms with van der Waals surface area (Å²) in [5.41, 5.74) is 0. The smallest absolute Gasteiger partial charge is 0.0942 e. The Morgan fingerprint density at radius 2 is 1.58 bits per heavy atom. The van der Waals surface area contributed by atoms with Crippen LogP contribution in [0.2, 0.25) is 0 Å². The Bertz CT molecular complexity index is 131. The lowest BCUT2D eigenvalue weighted by molar-refractivity contribution is 0.198. The molecule has 0 bridgehead atoms. The highest BCUT2D eigenvalue weighted by Crippen LogP contribution is 2.04. The second kappa shape index (κ2) is 5.67. The molecule has 0 aromatic rings. The Morgan fingerprint density at radius 1 is 1.25 bits per heavy atom. The number of ether oxygens (including phenoxy) is 1. The van der Waals surface area contributed by atoms with Crippen molar-refractivity contribution in [3.05, 3.63) is 0 Å². The lowest BCUT2D eigenvalue weighted by Crippen LogP contribution is -2.27. The quantitative estimate of drug-likeness (QED) is 0.628. The zero-order valence-electron chi connectivity index (χ0n) is 8.13. The van der Waals surface area contributed by atoms with E-state index in [0.717, 1.165) is 13.2 Å². The van der Waals surface area contributed by atoms with Crippen LogP contribution in [-0.4, -0.2) is 22.2 Å². The third kappa shape index (κ3) is 6.76. The van der Waals surface area contributed by atoms with Crippen LogP contribution in [0.3, 0.4) is 0 Å². The summed E-state index contributed by atoms with van der Waals surface area (Å²) in [6, 6.07) is 0. The summed E-state index contributed by atoms with van der Waals surface area (Å²) in [4.78, 5) is 0. The van der Waals surface area contributed by atoms with Gasteiger partial charge in [0, 0.05) is 13.2 Å². The number of nitrogens with two attached hydrogens (primary N) is 1. The van der Waals surface area contributed by atoms with Gasteiger partial charge in [-0.05, 0) is 33.6 Å².